The van der Waals surface area contributed by atoms with E-state index in [2.05, 4.69) is 42.7 Å². The molecule has 0 fully saturated rings. The maximum absolute atomic E-state index is 12.6. The maximum Gasteiger partial charge on any atom is 0.472 e. The predicted molar refractivity (Wildman–Crippen MR) is 226 cm³/mol. The van der Waals surface area contributed by atoms with Gasteiger partial charge in [0.1, 0.15) is 12.6 Å². The Hall–Kier alpha value is -3.15. The van der Waals surface area contributed by atoms with Crippen molar-refractivity contribution in [3.05, 3.63) is 60.8 Å². The van der Waals surface area contributed by atoms with Gasteiger partial charge in [-0.05, 0) is 70.3 Å². The Balaban J connectivity index is 4.54. The summed E-state index contributed by atoms with van der Waals surface area (Å²) in [5, 5.41) is 8.88. The van der Waals surface area contributed by atoms with E-state index in [0.717, 1.165) is 70.6 Å². The molecule has 4 N–H and O–H groups in total. The molecular formula is C44H74NO11P. The Bertz CT molecular complexity index is 1260. The summed E-state index contributed by atoms with van der Waals surface area (Å²) in [5.41, 5.74) is 5.32. The lowest BCUT2D eigenvalue weighted by atomic mass is 10.1. The van der Waals surface area contributed by atoms with Crippen LogP contribution in [0.5, 0.6) is 0 Å². The Labute approximate surface area is 343 Å². The Morgan fingerprint density at radius 3 is 1.75 bits per heavy atom. The lowest BCUT2D eigenvalue weighted by Crippen LogP contribution is -2.34. The average Bonchev–Trinajstić information content (AvgIpc) is 3.18. The van der Waals surface area contributed by atoms with Crippen molar-refractivity contribution in [3.63, 3.8) is 0 Å². The molecule has 326 valence electrons. The topological polar surface area (TPSA) is 189 Å². The zero-order valence-corrected chi connectivity index (χ0v) is 35.8. The standard InChI is InChI=1S/C44H74NO11P/c1-3-5-7-8-9-10-11-12-13-14-15-16-17-20-24-27-31-35-43(48)56-40(37-54-57(51,52)55-38-41(45)44(49)50)36-53-42(47)34-30-26-23-21-18-19-22-25-29-33-39(46)32-28-6-4-2/h12-13,15-16,20,22,24-25,29,33,40-41H,3-11,14,17-19,21,23,26-28,30-32,34-38,45H2,1-2H3,(H,49,50)(H,51,52)/b13-12-,16-15-,24-20-,25-22-,33-29+/t40-,41+/m1/s1. The van der Waals surface area contributed by atoms with Crippen LogP contribution in [0.4, 0.5) is 0 Å². The molecule has 13 heteroatoms. The number of carboxylic acid groups (broad SMARTS) is 1. The molecular weight excluding hydrogens is 749 g/mol. The number of ketones is 1. The van der Waals surface area contributed by atoms with Crippen molar-refractivity contribution in [2.45, 2.75) is 174 Å². The Kier molecular flexibility index (Phi) is 36.3. The Morgan fingerprint density at radius 2 is 1.11 bits per heavy atom. The first-order valence-electron chi connectivity index (χ1n) is 21.3. The summed E-state index contributed by atoms with van der Waals surface area (Å²) in [6.07, 6.45) is 39.9. The molecule has 0 aliphatic carbocycles. The molecule has 3 atom stereocenters. The number of phosphoric ester groups is 1. The number of unbranched alkanes of at least 4 members (excludes halogenated alkanes) is 14. The molecule has 12 nitrogen and oxygen atoms in total. The quantitative estimate of drug-likeness (QED) is 0.0133. The van der Waals surface area contributed by atoms with Gasteiger partial charge in [0.05, 0.1) is 13.2 Å². The second kappa shape index (κ2) is 38.4. The first-order valence-corrected chi connectivity index (χ1v) is 22.8. The van der Waals surface area contributed by atoms with Crippen molar-refractivity contribution < 1.29 is 52.3 Å². The van der Waals surface area contributed by atoms with Crippen molar-refractivity contribution in [3.8, 4) is 0 Å². The van der Waals surface area contributed by atoms with Gasteiger partial charge in [-0.15, -0.1) is 0 Å². The average molecular weight is 824 g/mol. The molecule has 0 aliphatic heterocycles. The summed E-state index contributed by atoms with van der Waals surface area (Å²) in [5.74, 6) is -2.37. The van der Waals surface area contributed by atoms with E-state index in [1.807, 2.05) is 24.3 Å². The van der Waals surface area contributed by atoms with Crippen LogP contribution in [0.2, 0.25) is 0 Å². The predicted octanol–water partition coefficient (Wildman–Crippen LogP) is 10.3. The summed E-state index contributed by atoms with van der Waals surface area (Å²) in [6.45, 7) is 2.53. The molecule has 0 aromatic heterocycles. The van der Waals surface area contributed by atoms with Gasteiger partial charge >= 0.3 is 25.7 Å². The molecule has 0 bridgehead atoms. The third kappa shape index (κ3) is 38.2. The number of phosphoric acid groups is 1. The van der Waals surface area contributed by atoms with Gasteiger partial charge in [0.15, 0.2) is 11.9 Å². The van der Waals surface area contributed by atoms with Crippen LogP contribution in [-0.2, 0) is 42.3 Å². The fourth-order valence-corrected chi connectivity index (χ4v) is 6.07. The molecule has 0 amide bonds. The van der Waals surface area contributed by atoms with Crippen LogP contribution in [0.15, 0.2) is 60.8 Å². The summed E-state index contributed by atoms with van der Waals surface area (Å²) < 4.78 is 32.5. The van der Waals surface area contributed by atoms with Crippen LogP contribution in [0.1, 0.15) is 162 Å². The molecule has 0 saturated heterocycles. The number of carbonyl (C=O) groups excluding carboxylic acids is 3. The SMILES string of the molecule is CCCCCCCC/C=C\C/C=C\C/C=C\CCCC(=O)O[C@H](COC(=O)CCCCCCC/C=C\C=C\C(=O)CCCCC)COP(=O)(O)OC[C@H](N)C(=O)O. The largest absolute Gasteiger partial charge is 0.480 e. The smallest absolute Gasteiger partial charge is 0.472 e. The lowest BCUT2D eigenvalue weighted by molar-refractivity contribution is -0.161. The Morgan fingerprint density at radius 1 is 0.596 bits per heavy atom. The molecule has 0 rings (SSSR count). The third-order valence-electron chi connectivity index (χ3n) is 8.71. The highest BCUT2D eigenvalue weighted by Crippen LogP contribution is 2.43. The van der Waals surface area contributed by atoms with Gasteiger partial charge in [-0.3, -0.25) is 28.2 Å². The van der Waals surface area contributed by atoms with Crippen molar-refractivity contribution in [2.75, 3.05) is 19.8 Å². The van der Waals surface area contributed by atoms with Gasteiger partial charge in [0, 0.05) is 19.3 Å². The van der Waals surface area contributed by atoms with Gasteiger partial charge in [-0.2, -0.15) is 0 Å². The zero-order chi connectivity index (χ0) is 42.2. The van der Waals surface area contributed by atoms with Gasteiger partial charge in [-0.25, -0.2) is 4.57 Å². The minimum absolute atomic E-state index is 0.0695. The number of esters is 2. The first kappa shape index (κ1) is 53.9. The molecule has 0 spiro atoms. The van der Waals surface area contributed by atoms with E-state index in [-0.39, 0.29) is 18.6 Å². The highest BCUT2D eigenvalue weighted by atomic mass is 31.2. The number of allylic oxidation sites excluding steroid dienone is 10. The molecule has 0 heterocycles. The van der Waals surface area contributed by atoms with Crippen molar-refractivity contribution in [2.24, 2.45) is 5.73 Å². The molecule has 0 radical (unpaired) electrons. The monoisotopic (exact) mass is 823 g/mol. The van der Waals surface area contributed by atoms with E-state index in [1.165, 1.54) is 38.5 Å². The number of hydrogen-bond donors (Lipinski definition) is 3. The number of ether oxygens (including phenoxy) is 2. The molecule has 0 aromatic carbocycles. The number of carboxylic acids is 1. The van der Waals surface area contributed by atoms with Gasteiger partial charge in [0.2, 0.25) is 0 Å². The second-order valence-electron chi connectivity index (χ2n) is 14.2. The van der Waals surface area contributed by atoms with Crippen LogP contribution < -0.4 is 5.73 Å². The highest BCUT2D eigenvalue weighted by Gasteiger charge is 2.28. The van der Waals surface area contributed by atoms with E-state index in [1.54, 1.807) is 12.2 Å². The van der Waals surface area contributed by atoms with E-state index < -0.39 is 57.7 Å². The minimum Gasteiger partial charge on any atom is -0.480 e. The number of rotatable bonds is 39. The summed E-state index contributed by atoms with van der Waals surface area (Å²) in [4.78, 5) is 57.6. The van der Waals surface area contributed by atoms with Crippen LogP contribution in [-0.4, -0.2) is 65.7 Å². The summed E-state index contributed by atoms with van der Waals surface area (Å²) in [6, 6.07) is -1.54. The van der Waals surface area contributed by atoms with Crippen LogP contribution >= 0.6 is 7.82 Å². The van der Waals surface area contributed by atoms with E-state index >= 15 is 0 Å². The fourth-order valence-electron chi connectivity index (χ4n) is 5.30. The van der Waals surface area contributed by atoms with Gasteiger partial charge in [0.25, 0.3) is 0 Å². The lowest BCUT2D eigenvalue weighted by Gasteiger charge is -2.20. The molecule has 0 saturated carbocycles. The summed E-state index contributed by atoms with van der Waals surface area (Å²) in [7, 11) is -4.75. The van der Waals surface area contributed by atoms with E-state index in [0.29, 0.717) is 25.7 Å². The normalized spacial score (nSPS) is 14.2. The maximum atomic E-state index is 12.6. The van der Waals surface area contributed by atoms with Crippen molar-refractivity contribution in [1.82, 2.24) is 0 Å². The van der Waals surface area contributed by atoms with Gasteiger partial charge < -0.3 is 25.2 Å². The molecule has 1 unspecified atom stereocenters. The van der Waals surface area contributed by atoms with E-state index in [4.69, 9.17) is 24.8 Å². The zero-order valence-electron chi connectivity index (χ0n) is 34.9. The van der Waals surface area contributed by atoms with Crippen molar-refractivity contribution >= 4 is 31.5 Å². The second-order valence-corrected chi connectivity index (χ2v) is 15.6. The number of aliphatic carboxylic acids is 1. The molecule has 57 heavy (non-hydrogen) atoms. The first-order chi connectivity index (χ1) is 27.5. The van der Waals surface area contributed by atoms with E-state index in [9.17, 15) is 28.6 Å². The fraction of sp³-hybridized carbons (Fsp3) is 0.682. The molecule has 0 aliphatic rings. The number of hydrogen-bond acceptors (Lipinski definition) is 10. The van der Waals surface area contributed by atoms with Crippen LogP contribution in [0, 0.1) is 0 Å². The van der Waals surface area contributed by atoms with Crippen molar-refractivity contribution in [1.29, 1.82) is 0 Å². The minimum atomic E-state index is -4.75. The molecule has 0 aromatic rings. The van der Waals surface area contributed by atoms with Gasteiger partial charge in [-0.1, -0.05) is 133 Å². The third-order valence-corrected chi connectivity index (χ3v) is 9.67. The number of nitrogens with two attached hydrogens (primary N) is 1. The van der Waals surface area contributed by atoms with Crippen LogP contribution in [0.25, 0.3) is 0 Å². The van der Waals surface area contributed by atoms with Crippen LogP contribution in [0.3, 0.4) is 0 Å². The number of carbonyl (C=O) groups is 4. The highest BCUT2D eigenvalue weighted by molar-refractivity contribution is 7.47. The summed E-state index contributed by atoms with van der Waals surface area (Å²) >= 11 is 0.